The molecule has 0 fully saturated rings. The molecule has 0 aliphatic rings. The number of hydrogen-bond donors (Lipinski definition) is 0. The van der Waals surface area contributed by atoms with Gasteiger partial charge in [0.2, 0.25) is 0 Å². The number of rotatable bonds is 5. The van der Waals surface area contributed by atoms with Gasteiger partial charge in [0.05, 0.1) is 11.3 Å². The number of carbonyl (C=O) groups is 1. The van der Waals surface area contributed by atoms with Crippen molar-refractivity contribution in [3.8, 4) is 0 Å². The summed E-state index contributed by atoms with van der Waals surface area (Å²) in [6.45, 7) is 2.89. The minimum Gasteiger partial charge on any atom is -0.293 e. The molecule has 1 unspecified atom stereocenters. The molecule has 1 aromatic carbocycles. The van der Waals surface area contributed by atoms with E-state index < -0.39 is 38.1 Å². The highest BCUT2D eigenvalue weighted by molar-refractivity contribution is 7.92. The highest BCUT2D eigenvalue weighted by atomic mass is 32.2. The molecule has 0 spiro atoms. The Balaban J connectivity index is 3.08. The van der Waals surface area contributed by atoms with E-state index in [1.165, 1.54) is 6.92 Å². The van der Waals surface area contributed by atoms with Crippen LogP contribution < -0.4 is 0 Å². The van der Waals surface area contributed by atoms with Crippen LogP contribution in [-0.2, 0) is 9.84 Å². The Morgan fingerprint density at radius 2 is 1.94 bits per heavy atom. The normalized spacial score (nSPS) is 13.3. The lowest BCUT2D eigenvalue weighted by atomic mass is 10.1. The summed E-state index contributed by atoms with van der Waals surface area (Å²) in [5.41, 5.74) is -0.399. The van der Waals surface area contributed by atoms with E-state index in [-0.39, 0.29) is 5.75 Å². The monoisotopic (exact) mass is 276 g/mol. The Morgan fingerprint density at radius 1 is 1.33 bits per heavy atom. The molecular weight excluding hydrogens is 262 g/mol. The fraction of sp³-hybridized carbons (Fsp3) is 0.417. The zero-order valence-corrected chi connectivity index (χ0v) is 10.9. The topological polar surface area (TPSA) is 51.2 Å². The van der Waals surface area contributed by atoms with Crippen LogP contribution in [0.2, 0.25) is 0 Å². The molecule has 0 radical (unpaired) electrons. The van der Waals surface area contributed by atoms with Gasteiger partial charge in [-0.25, -0.2) is 17.2 Å². The molecule has 18 heavy (non-hydrogen) atoms. The Hall–Kier alpha value is -1.30. The van der Waals surface area contributed by atoms with Crippen LogP contribution in [0.1, 0.15) is 30.6 Å². The third kappa shape index (κ3) is 3.13. The van der Waals surface area contributed by atoms with Crippen molar-refractivity contribution in [2.45, 2.75) is 25.5 Å². The van der Waals surface area contributed by atoms with Gasteiger partial charge in [-0.05, 0) is 25.5 Å². The van der Waals surface area contributed by atoms with Crippen molar-refractivity contribution in [3.63, 3.8) is 0 Å². The van der Waals surface area contributed by atoms with Crippen molar-refractivity contribution < 1.29 is 22.0 Å². The fourth-order valence-corrected chi connectivity index (χ4v) is 2.91. The minimum absolute atomic E-state index is 0.136. The molecule has 6 heteroatoms. The molecular formula is C12H14F2O3S. The van der Waals surface area contributed by atoms with Gasteiger partial charge in [0.25, 0.3) is 0 Å². The van der Waals surface area contributed by atoms with Crippen LogP contribution in [-0.4, -0.2) is 25.2 Å². The number of halogens is 2. The van der Waals surface area contributed by atoms with E-state index in [2.05, 4.69) is 0 Å². The quantitative estimate of drug-likeness (QED) is 0.776. The van der Waals surface area contributed by atoms with E-state index in [0.717, 1.165) is 12.1 Å². The predicted molar refractivity (Wildman–Crippen MR) is 64.2 cm³/mol. The predicted octanol–water partition coefficient (Wildman–Crippen LogP) is 2.36. The molecule has 0 N–H and O–H groups in total. The van der Waals surface area contributed by atoms with E-state index in [1.54, 1.807) is 6.92 Å². The second kappa shape index (κ2) is 5.56. The first-order valence-electron chi connectivity index (χ1n) is 5.50. The average Bonchev–Trinajstić information content (AvgIpc) is 2.27. The molecule has 1 rings (SSSR count). The number of carbonyl (C=O) groups excluding carboxylic acids is 1. The van der Waals surface area contributed by atoms with Crippen molar-refractivity contribution >= 4 is 15.6 Å². The average molecular weight is 276 g/mol. The van der Waals surface area contributed by atoms with Crippen LogP contribution in [0, 0.1) is 11.6 Å². The molecule has 0 aliphatic heterocycles. The summed E-state index contributed by atoms with van der Waals surface area (Å²) in [7, 11) is -3.59. The molecule has 0 saturated heterocycles. The van der Waals surface area contributed by atoms with Crippen LogP contribution in [0.15, 0.2) is 18.2 Å². The minimum atomic E-state index is -3.59. The van der Waals surface area contributed by atoms with Gasteiger partial charge in [0.15, 0.2) is 15.6 Å². The van der Waals surface area contributed by atoms with E-state index in [1.807, 2.05) is 0 Å². The maximum absolute atomic E-state index is 13.4. The third-order valence-corrected chi connectivity index (χ3v) is 4.86. The van der Waals surface area contributed by atoms with Crippen molar-refractivity contribution in [1.29, 1.82) is 0 Å². The van der Waals surface area contributed by atoms with Crippen molar-refractivity contribution in [2.24, 2.45) is 0 Å². The molecule has 0 aliphatic carbocycles. The lowest BCUT2D eigenvalue weighted by Crippen LogP contribution is -2.30. The Bertz CT molecular complexity index is 552. The van der Waals surface area contributed by atoms with Gasteiger partial charge in [-0.3, -0.25) is 4.79 Å². The maximum atomic E-state index is 13.4. The Labute approximate surface area is 105 Å². The van der Waals surface area contributed by atoms with Crippen LogP contribution >= 0.6 is 0 Å². The van der Waals surface area contributed by atoms with Crippen molar-refractivity contribution in [2.75, 3.05) is 5.75 Å². The van der Waals surface area contributed by atoms with Gasteiger partial charge in [0.1, 0.15) is 16.9 Å². The van der Waals surface area contributed by atoms with Gasteiger partial charge >= 0.3 is 0 Å². The molecule has 0 amide bonds. The first-order chi connectivity index (χ1) is 8.29. The molecule has 0 heterocycles. The smallest absolute Gasteiger partial charge is 0.183 e. The molecule has 0 bridgehead atoms. The van der Waals surface area contributed by atoms with E-state index >= 15 is 0 Å². The summed E-state index contributed by atoms with van der Waals surface area (Å²) >= 11 is 0. The highest BCUT2D eigenvalue weighted by Crippen LogP contribution is 2.16. The summed E-state index contributed by atoms with van der Waals surface area (Å²) in [6, 6.07) is 2.45. The van der Waals surface area contributed by atoms with Gasteiger partial charge in [-0.15, -0.1) is 0 Å². The first-order valence-corrected chi connectivity index (χ1v) is 7.22. The number of ketones is 1. The Kier molecular flexibility index (Phi) is 4.56. The van der Waals surface area contributed by atoms with Crippen LogP contribution in [0.3, 0.4) is 0 Å². The summed E-state index contributed by atoms with van der Waals surface area (Å²) in [6.07, 6.45) is 0.381. The lowest BCUT2D eigenvalue weighted by molar-refractivity contribution is 0.0987. The number of sulfone groups is 1. The summed E-state index contributed by atoms with van der Waals surface area (Å²) in [5, 5.41) is -1.32. The summed E-state index contributed by atoms with van der Waals surface area (Å²) in [5.74, 6) is -2.84. The fourth-order valence-electron chi connectivity index (χ4n) is 1.53. The maximum Gasteiger partial charge on any atom is 0.183 e. The highest BCUT2D eigenvalue weighted by Gasteiger charge is 2.29. The standard InChI is InChI=1S/C12H14F2O3S/c1-3-6-18(16,17)8(2)12(15)10-5-4-9(13)7-11(10)14/h4-5,7-8H,3,6H2,1-2H3. The van der Waals surface area contributed by atoms with Crippen molar-refractivity contribution in [1.82, 2.24) is 0 Å². The molecule has 3 nitrogen and oxygen atoms in total. The van der Waals surface area contributed by atoms with Crippen LogP contribution in [0.5, 0.6) is 0 Å². The SMILES string of the molecule is CCCS(=O)(=O)C(C)C(=O)c1ccc(F)cc1F. The van der Waals surface area contributed by atoms with Crippen molar-refractivity contribution in [3.05, 3.63) is 35.4 Å². The molecule has 0 saturated carbocycles. The summed E-state index contributed by atoms with van der Waals surface area (Å²) < 4.78 is 49.5. The molecule has 1 atom stereocenters. The van der Waals surface area contributed by atoms with Crippen LogP contribution in [0.4, 0.5) is 8.78 Å². The van der Waals surface area contributed by atoms with Gasteiger partial charge in [-0.2, -0.15) is 0 Å². The van der Waals surface area contributed by atoms with Gasteiger partial charge < -0.3 is 0 Å². The Morgan fingerprint density at radius 3 is 2.44 bits per heavy atom. The second-order valence-corrected chi connectivity index (χ2v) is 6.44. The number of hydrogen-bond acceptors (Lipinski definition) is 3. The zero-order valence-electron chi connectivity index (χ0n) is 10.1. The number of benzene rings is 1. The van der Waals surface area contributed by atoms with E-state index in [0.29, 0.717) is 12.5 Å². The summed E-state index contributed by atoms with van der Waals surface area (Å²) in [4.78, 5) is 11.9. The van der Waals surface area contributed by atoms with Gasteiger partial charge in [0, 0.05) is 6.07 Å². The third-order valence-electron chi connectivity index (χ3n) is 2.59. The molecule has 1 aromatic rings. The van der Waals surface area contributed by atoms with E-state index in [4.69, 9.17) is 0 Å². The molecule has 100 valence electrons. The van der Waals surface area contributed by atoms with E-state index in [9.17, 15) is 22.0 Å². The first kappa shape index (κ1) is 14.8. The lowest BCUT2D eigenvalue weighted by Gasteiger charge is -2.11. The van der Waals surface area contributed by atoms with Gasteiger partial charge in [-0.1, -0.05) is 6.92 Å². The molecule has 0 aromatic heterocycles. The zero-order chi connectivity index (χ0) is 13.9. The number of Topliss-reactive ketones (excluding diaryl/α,β-unsaturated/α-hetero) is 1. The second-order valence-electron chi connectivity index (χ2n) is 4.00. The van der Waals surface area contributed by atoms with Crippen LogP contribution in [0.25, 0.3) is 0 Å². The largest absolute Gasteiger partial charge is 0.293 e.